The Bertz CT molecular complexity index is 1620. The van der Waals surface area contributed by atoms with Crippen LogP contribution in [0.3, 0.4) is 0 Å². The van der Waals surface area contributed by atoms with E-state index in [1.807, 2.05) is 0 Å². The van der Waals surface area contributed by atoms with Gasteiger partial charge in [0.25, 0.3) is 11.8 Å². The molecule has 3 N–H and O–H groups in total. The third-order valence-corrected chi connectivity index (χ3v) is 5.78. The van der Waals surface area contributed by atoms with Crippen LogP contribution in [-0.4, -0.2) is 53.2 Å². The predicted molar refractivity (Wildman–Crippen MR) is 144 cm³/mol. The number of aromatic nitrogens is 3. The fourth-order valence-corrected chi connectivity index (χ4v) is 3.89. The topological polar surface area (TPSA) is 110 Å². The number of aryl methyl sites for hydroxylation is 1. The van der Waals surface area contributed by atoms with Gasteiger partial charge >= 0.3 is 6.18 Å². The zero-order valence-electron chi connectivity index (χ0n) is 21.8. The summed E-state index contributed by atoms with van der Waals surface area (Å²) in [5, 5.41) is 8.32. The summed E-state index contributed by atoms with van der Waals surface area (Å²) in [6.45, 7) is 0.643. The van der Waals surface area contributed by atoms with Crippen molar-refractivity contribution in [3.05, 3.63) is 77.4 Å². The van der Waals surface area contributed by atoms with E-state index in [0.717, 1.165) is 16.6 Å². The van der Waals surface area contributed by atoms with Gasteiger partial charge in [0.15, 0.2) is 0 Å². The van der Waals surface area contributed by atoms with Crippen LogP contribution < -0.4 is 20.7 Å². The van der Waals surface area contributed by atoms with Crippen molar-refractivity contribution in [1.82, 2.24) is 19.9 Å². The number of nitrogens with zero attached hydrogens (tertiary/aromatic N) is 3. The quantitative estimate of drug-likeness (QED) is 0.295. The van der Waals surface area contributed by atoms with Gasteiger partial charge in [0.1, 0.15) is 17.8 Å². The zero-order chi connectivity index (χ0) is 28.9. The molecular formula is C28H25F3N6O3. The van der Waals surface area contributed by atoms with Crippen molar-refractivity contribution in [3.63, 3.8) is 0 Å². The van der Waals surface area contributed by atoms with Gasteiger partial charge in [0.2, 0.25) is 0 Å². The fourth-order valence-electron chi connectivity index (χ4n) is 3.89. The van der Waals surface area contributed by atoms with Crippen LogP contribution in [0.2, 0.25) is 0 Å². The van der Waals surface area contributed by atoms with Crippen LogP contribution >= 0.6 is 0 Å². The second-order valence-corrected chi connectivity index (χ2v) is 8.67. The Kier molecular flexibility index (Phi) is 8.23. The van der Waals surface area contributed by atoms with Gasteiger partial charge in [-0.3, -0.25) is 14.6 Å². The summed E-state index contributed by atoms with van der Waals surface area (Å²) < 4.78 is 45.8. The van der Waals surface area contributed by atoms with Crippen LogP contribution in [0.4, 0.5) is 24.5 Å². The lowest BCUT2D eigenvalue weighted by Crippen LogP contribution is -2.18. The average molecular weight is 551 g/mol. The van der Waals surface area contributed by atoms with Crippen LogP contribution in [0.15, 0.2) is 55.0 Å². The van der Waals surface area contributed by atoms with Crippen molar-refractivity contribution < 1.29 is 27.5 Å². The number of ether oxygens (including phenoxy) is 1. The normalized spacial score (nSPS) is 10.9. The molecule has 4 aromatic rings. The van der Waals surface area contributed by atoms with Gasteiger partial charge in [-0.1, -0.05) is 11.8 Å². The predicted octanol–water partition coefficient (Wildman–Crippen LogP) is 4.39. The van der Waals surface area contributed by atoms with E-state index < -0.39 is 18.6 Å². The summed E-state index contributed by atoms with van der Waals surface area (Å²) in [5.74, 6) is 5.45. The highest BCUT2D eigenvalue weighted by Crippen LogP contribution is 2.26. The van der Waals surface area contributed by atoms with Gasteiger partial charge < -0.3 is 25.3 Å². The number of amides is 2. The Hall–Kier alpha value is -5.05. The summed E-state index contributed by atoms with van der Waals surface area (Å²) in [6, 6.07) is 11.2. The van der Waals surface area contributed by atoms with Crippen LogP contribution in [0, 0.1) is 18.8 Å². The second-order valence-electron chi connectivity index (χ2n) is 8.67. The Labute approximate surface area is 227 Å². The van der Waals surface area contributed by atoms with E-state index in [9.17, 15) is 22.8 Å². The lowest BCUT2D eigenvalue weighted by atomic mass is 10.1. The molecule has 0 aliphatic rings. The van der Waals surface area contributed by atoms with Crippen LogP contribution in [0.25, 0.3) is 11.0 Å². The van der Waals surface area contributed by atoms with E-state index in [4.69, 9.17) is 4.74 Å². The molecule has 0 saturated heterocycles. The van der Waals surface area contributed by atoms with Gasteiger partial charge in [0, 0.05) is 23.9 Å². The standard InChI is InChI=1S/C28H25F3N6O3/c1-17-6-8-20(14-34-17)36-27(39)21-11-18(12-23-25(21)35-16-37(23)15-28(29,30)31)5-4-10-33-22-13-19(26(38)32-2)7-9-24(22)40-3/h6-9,11-14,16,33H,10,15H2,1-3H3,(H,32,38)(H,36,39). The number of carbonyl (C=O) groups is 2. The first-order chi connectivity index (χ1) is 19.1. The molecule has 9 nitrogen and oxygen atoms in total. The molecule has 0 fully saturated rings. The molecule has 12 heteroatoms. The third-order valence-electron chi connectivity index (χ3n) is 5.78. The number of nitrogens with one attached hydrogen (secondary N) is 3. The van der Waals surface area contributed by atoms with E-state index in [1.54, 1.807) is 37.3 Å². The minimum absolute atomic E-state index is 0.0659. The number of pyridine rings is 1. The van der Waals surface area contributed by atoms with Gasteiger partial charge in [-0.25, -0.2) is 4.98 Å². The minimum Gasteiger partial charge on any atom is -0.495 e. The maximum absolute atomic E-state index is 13.2. The van der Waals surface area contributed by atoms with Crippen LogP contribution in [0.1, 0.15) is 32.0 Å². The highest BCUT2D eigenvalue weighted by molar-refractivity contribution is 6.12. The van der Waals surface area contributed by atoms with Gasteiger partial charge in [0.05, 0.1) is 48.6 Å². The Morgan fingerprint density at radius 3 is 2.55 bits per heavy atom. The lowest BCUT2D eigenvalue weighted by Gasteiger charge is -2.11. The summed E-state index contributed by atoms with van der Waals surface area (Å²) in [7, 11) is 3.01. The van der Waals surface area contributed by atoms with Crippen molar-refractivity contribution in [2.45, 2.75) is 19.6 Å². The van der Waals surface area contributed by atoms with Crippen molar-refractivity contribution in [2.75, 3.05) is 31.3 Å². The number of fused-ring (bicyclic) bond motifs is 1. The third kappa shape index (κ3) is 6.68. The molecule has 40 heavy (non-hydrogen) atoms. The number of hydrogen-bond acceptors (Lipinski definition) is 6. The Morgan fingerprint density at radius 1 is 1.07 bits per heavy atom. The lowest BCUT2D eigenvalue weighted by molar-refractivity contribution is -0.139. The number of rotatable bonds is 7. The number of hydrogen-bond donors (Lipinski definition) is 3. The Morgan fingerprint density at radius 2 is 1.88 bits per heavy atom. The monoisotopic (exact) mass is 550 g/mol. The molecule has 0 unspecified atom stereocenters. The molecule has 2 aromatic heterocycles. The molecule has 0 bridgehead atoms. The van der Waals surface area contributed by atoms with E-state index >= 15 is 0 Å². The smallest absolute Gasteiger partial charge is 0.406 e. The fraction of sp³-hybridized carbons (Fsp3) is 0.214. The second kappa shape index (κ2) is 11.8. The van der Waals surface area contributed by atoms with Crippen LogP contribution in [-0.2, 0) is 6.54 Å². The first kappa shape index (κ1) is 28.0. The number of imidazole rings is 1. The van der Waals surface area contributed by atoms with E-state index in [1.165, 1.54) is 32.5 Å². The van der Waals surface area contributed by atoms with Crippen molar-refractivity contribution in [2.24, 2.45) is 0 Å². The molecule has 0 radical (unpaired) electrons. The molecule has 2 aromatic carbocycles. The highest BCUT2D eigenvalue weighted by Gasteiger charge is 2.29. The van der Waals surface area contributed by atoms with Gasteiger partial charge in [-0.2, -0.15) is 13.2 Å². The van der Waals surface area contributed by atoms with Crippen molar-refractivity contribution >= 4 is 34.2 Å². The van der Waals surface area contributed by atoms with Crippen molar-refractivity contribution in [1.29, 1.82) is 0 Å². The largest absolute Gasteiger partial charge is 0.495 e. The number of carbonyl (C=O) groups excluding carboxylic acids is 2. The van der Waals surface area contributed by atoms with Gasteiger partial charge in [-0.05, 0) is 49.4 Å². The molecule has 206 valence electrons. The van der Waals surface area contributed by atoms with E-state index in [2.05, 4.69) is 37.8 Å². The van der Waals surface area contributed by atoms with Crippen molar-refractivity contribution in [3.8, 4) is 17.6 Å². The molecule has 0 spiro atoms. The van der Waals surface area contributed by atoms with E-state index in [-0.39, 0.29) is 29.0 Å². The zero-order valence-corrected chi connectivity index (χ0v) is 21.8. The number of benzene rings is 2. The number of methoxy groups -OCH3 is 1. The molecule has 2 heterocycles. The molecule has 0 saturated carbocycles. The molecular weight excluding hydrogens is 525 g/mol. The Balaban J connectivity index is 1.64. The molecule has 0 aliphatic carbocycles. The summed E-state index contributed by atoms with van der Waals surface area (Å²) in [4.78, 5) is 33.3. The summed E-state index contributed by atoms with van der Waals surface area (Å²) in [5.41, 5.74) is 2.74. The maximum atomic E-state index is 13.2. The minimum atomic E-state index is -4.49. The van der Waals surface area contributed by atoms with Crippen LogP contribution in [0.5, 0.6) is 5.75 Å². The average Bonchev–Trinajstić information content (AvgIpc) is 3.32. The SMILES string of the molecule is CNC(=O)c1ccc(OC)c(NCC#Cc2cc(C(=O)Nc3ccc(C)nc3)c3ncn(CC(F)(F)F)c3c2)c1. The molecule has 4 rings (SSSR count). The summed E-state index contributed by atoms with van der Waals surface area (Å²) in [6.07, 6.45) is -1.96. The molecule has 2 amide bonds. The highest BCUT2D eigenvalue weighted by atomic mass is 19.4. The number of alkyl halides is 3. The maximum Gasteiger partial charge on any atom is 0.406 e. The number of halogens is 3. The number of anilines is 2. The van der Waals surface area contributed by atoms with E-state index in [0.29, 0.717) is 28.3 Å². The molecule has 0 aliphatic heterocycles. The first-order valence-electron chi connectivity index (χ1n) is 12.0. The summed E-state index contributed by atoms with van der Waals surface area (Å²) >= 11 is 0. The van der Waals surface area contributed by atoms with Gasteiger partial charge in [-0.15, -0.1) is 0 Å². The first-order valence-corrected chi connectivity index (χ1v) is 12.0. The molecule has 0 atom stereocenters.